The fourth-order valence-electron chi connectivity index (χ4n) is 1.34. The van der Waals surface area contributed by atoms with Gasteiger partial charge in [-0.15, -0.1) is 0 Å². The van der Waals surface area contributed by atoms with Crippen molar-refractivity contribution >= 4 is 17.1 Å². The van der Waals surface area contributed by atoms with E-state index in [1.807, 2.05) is 12.1 Å². The first-order chi connectivity index (χ1) is 8.10. The van der Waals surface area contributed by atoms with Crippen molar-refractivity contribution in [3.8, 4) is 12.1 Å². The van der Waals surface area contributed by atoms with Crippen LogP contribution in [0.2, 0.25) is 0 Å². The van der Waals surface area contributed by atoms with Crippen LogP contribution in [0.25, 0.3) is 0 Å². The molecule has 0 bridgehead atoms. The van der Waals surface area contributed by atoms with Crippen molar-refractivity contribution in [1.29, 1.82) is 10.5 Å². The van der Waals surface area contributed by atoms with Crippen LogP contribution in [0.5, 0.6) is 0 Å². The molecule has 0 aliphatic rings. The van der Waals surface area contributed by atoms with E-state index in [9.17, 15) is 10.1 Å². The highest BCUT2D eigenvalue weighted by Gasteiger charge is 2.13. The first kappa shape index (κ1) is 12.3. The topological polar surface area (TPSA) is 120 Å². The molecule has 0 spiro atoms. The van der Waals surface area contributed by atoms with Crippen LogP contribution >= 0.6 is 0 Å². The van der Waals surface area contributed by atoms with E-state index in [-0.39, 0.29) is 24.5 Å². The van der Waals surface area contributed by atoms with E-state index >= 15 is 0 Å². The largest absolute Gasteiger partial charge is 0.397 e. The third-order valence-electron chi connectivity index (χ3n) is 2.09. The summed E-state index contributed by atoms with van der Waals surface area (Å²) in [7, 11) is 0. The second-order valence-electron chi connectivity index (χ2n) is 3.17. The van der Waals surface area contributed by atoms with Crippen molar-refractivity contribution in [2.24, 2.45) is 0 Å². The zero-order chi connectivity index (χ0) is 12.8. The maximum Gasteiger partial charge on any atom is 0.271 e. The van der Waals surface area contributed by atoms with Crippen LogP contribution in [-0.2, 0) is 0 Å². The number of nitrogen functional groups attached to an aromatic ring is 1. The summed E-state index contributed by atoms with van der Waals surface area (Å²) in [6.07, 6.45) is 0. The molecule has 0 unspecified atom stereocenters. The van der Waals surface area contributed by atoms with Crippen molar-refractivity contribution in [3.63, 3.8) is 0 Å². The number of hydrogen-bond donors (Lipinski definition) is 1. The fraction of sp³-hybridized carbons (Fsp3) is 0.200. The Kier molecular flexibility index (Phi) is 3.85. The van der Waals surface area contributed by atoms with Crippen molar-refractivity contribution in [2.75, 3.05) is 23.7 Å². The number of nitrogens with two attached hydrogens (primary N) is 1. The first-order valence-corrected chi connectivity index (χ1v) is 4.63. The quantitative estimate of drug-likeness (QED) is 0.357. The predicted molar refractivity (Wildman–Crippen MR) is 60.9 cm³/mol. The number of anilines is 2. The first-order valence-electron chi connectivity index (χ1n) is 4.63. The fourth-order valence-corrected chi connectivity index (χ4v) is 1.34. The minimum atomic E-state index is -0.556. The van der Waals surface area contributed by atoms with Gasteiger partial charge in [0, 0.05) is 12.1 Å². The van der Waals surface area contributed by atoms with Gasteiger partial charge in [0.05, 0.1) is 28.4 Å². The van der Waals surface area contributed by atoms with E-state index in [1.54, 1.807) is 0 Å². The molecule has 0 saturated carbocycles. The van der Waals surface area contributed by atoms with Crippen LogP contribution in [0.4, 0.5) is 17.1 Å². The van der Waals surface area contributed by atoms with Crippen molar-refractivity contribution in [1.82, 2.24) is 0 Å². The minimum absolute atomic E-state index is 0.00439. The molecule has 7 heteroatoms. The molecule has 1 rings (SSSR count). The lowest BCUT2D eigenvalue weighted by Gasteiger charge is -2.19. The molecule has 7 nitrogen and oxygen atoms in total. The monoisotopic (exact) mass is 231 g/mol. The molecule has 0 fully saturated rings. The van der Waals surface area contributed by atoms with Gasteiger partial charge in [0.2, 0.25) is 0 Å². The van der Waals surface area contributed by atoms with E-state index in [1.165, 1.54) is 23.1 Å². The molecule has 0 aliphatic carbocycles. The van der Waals surface area contributed by atoms with E-state index in [0.29, 0.717) is 5.69 Å². The van der Waals surface area contributed by atoms with Crippen LogP contribution in [-0.4, -0.2) is 18.0 Å². The molecule has 0 radical (unpaired) electrons. The van der Waals surface area contributed by atoms with Gasteiger partial charge < -0.3 is 10.6 Å². The Morgan fingerprint density at radius 3 is 2.35 bits per heavy atom. The summed E-state index contributed by atoms with van der Waals surface area (Å²) >= 11 is 0. The highest BCUT2D eigenvalue weighted by atomic mass is 16.6. The Morgan fingerprint density at radius 2 is 1.94 bits per heavy atom. The lowest BCUT2D eigenvalue weighted by atomic mass is 10.2. The highest BCUT2D eigenvalue weighted by Crippen LogP contribution is 2.27. The van der Waals surface area contributed by atoms with Gasteiger partial charge in [-0.05, 0) is 6.07 Å². The Labute approximate surface area is 97.4 Å². The van der Waals surface area contributed by atoms with E-state index in [0.717, 1.165) is 0 Å². The zero-order valence-corrected chi connectivity index (χ0v) is 8.83. The van der Waals surface area contributed by atoms with Gasteiger partial charge in [-0.3, -0.25) is 10.1 Å². The number of non-ortho nitro benzene ring substituents is 1. The smallest absolute Gasteiger partial charge is 0.271 e. The number of nitrogens with zero attached hydrogens (tertiary/aromatic N) is 4. The SMILES string of the molecule is N#CCN(CC#N)c1ccc([N+](=O)[O-])cc1N. The molecule has 2 N–H and O–H groups in total. The van der Waals surface area contributed by atoms with Gasteiger partial charge in [-0.2, -0.15) is 10.5 Å². The number of rotatable bonds is 4. The average Bonchev–Trinajstić information content (AvgIpc) is 2.28. The maximum atomic E-state index is 10.5. The lowest BCUT2D eigenvalue weighted by Crippen LogP contribution is -2.24. The third kappa shape index (κ3) is 2.83. The van der Waals surface area contributed by atoms with Crippen LogP contribution in [0, 0.1) is 32.8 Å². The van der Waals surface area contributed by atoms with Crippen molar-refractivity contribution in [3.05, 3.63) is 28.3 Å². The van der Waals surface area contributed by atoms with Gasteiger partial charge in [-0.1, -0.05) is 0 Å². The Balaban J connectivity index is 3.09. The third-order valence-corrected chi connectivity index (χ3v) is 2.09. The molecule has 0 aliphatic heterocycles. The second kappa shape index (κ2) is 5.33. The number of benzene rings is 1. The number of nitro groups is 1. The molecule has 0 saturated heterocycles. The predicted octanol–water partition coefficient (Wildman–Crippen LogP) is 1.03. The Hall–Kier alpha value is -2.80. The molecular formula is C10H9N5O2. The number of nitriles is 2. The van der Waals surface area contributed by atoms with Gasteiger partial charge in [0.25, 0.3) is 5.69 Å². The number of hydrogen-bond acceptors (Lipinski definition) is 6. The van der Waals surface area contributed by atoms with Crippen molar-refractivity contribution in [2.45, 2.75) is 0 Å². The molecule has 0 aromatic heterocycles. The van der Waals surface area contributed by atoms with Gasteiger partial charge >= 0.3 is 0 Å². The summed E-state index contributed by atoms with van der Waals surface area (Å²) in [5.74, 6) is 0. The summed E-state index contributed by atoms with van der Waals surface area (Å²) in [5, 5.41) is 27.7. The maximum absolute atomic E-state index is 10.5. The summed E-state index contributed by atoms with van der Waals surface area (Å²) < 4.78 is 0. The van der Waals surface area contributed by atoms with E-state index in [2.05, 4.69) is 0 Å². The van der Waals surface area contributed by atoms with Gasteiger partial charge in [0.15, 0.2) is 0 Å². The van der Waals surface area contributed by atoms with Gasteiger partial charge in [0.1, 0.15) is 13.1 Å². The Morgan fingerprint density at radius 1 is 1.35 bits per heavy atom. The summed E-state index contributed by atoms with van der Waals surface area (Å²) in [6.45, 7) is -0.00879. The lowest BCUT2D eigenvalue weighted by molar-refractivity contribution is -0.384. The van der Waals surface area contributed by atoms with Crippen LogP contribution in [0.15, 0.2) is 18.2 Å². The standard InChI is InChI=1S/C10H9N5O2/c11-3-5-14(6-4-12)10-2-1-8(15(16)17)7-9(10)13/h1-2,7H,5-6,13H2. The summed E-state index contributed by atoms with van der Waals surface area (Å²) in [5.41, 5.74) is 6.15. The molecule has 17 heavy (non-hydrogen) atoms. The van der Waals surface area contributed by atoms with E-state index < -0.39 is 4.92 Å². The van der Waals surface area contributed by atoms with Crippen LogP contribution in [0.1, 0.15) is 0 Å². The van der Waals surface area contributed by atoms with Crippen molar-refractivity contribution < 1.29 is 4.92 Å². The number of nitro benzene ring substituents is 1. The molecule has 0 heterocycles. The summed E-state index contributed by atoms with van der Waals surface area (Å²) in [6, 6.07) is 7.73. The van der Waals surface area contributed by atoms with Gasteiger partial charge in [-0.25, -0.2) is 0 Å². The molecule has 0 atom stereocenters. The second-order valence-corrected chi connectivity index (χ2v) is 3.17. The molecule has 86 valence electrons. The Bertz CT molecular complexity index is 498. The minimum Gasteiger partial charge on any atom is -0.397 e. The molecule has 1 aromatic carbocycles. The van der Waals surface area contributed by atoms with Crippen LogP contribution < -0.4 is 10.6 Å². The highest BCUT2D eigenvalue weighted by molar-refractivity contribution is 5.71. The van der Waals surface area contributed by atoms with E-state index in [4.69, 9.17) is 16.3 Å². The molecule has 0 amide bonds. The van der Waals surface area contributed by atoms with Crippen LogP contribution in [0.3, 0.4) is 0 Å². The molecular weight excluding hydrogens is 222 g/mol. The normalized spacial score (nSPS) is 9.06. The molecule has 1 aromatic rings. The zero-order valence-electron chi connectivity index (χ0n) is 8.83. The summed E-state index contributed by atoms with van der Waals surface area (Å²) in [4.78, 5) is 11.4. The average molecular weight is 231 g/mol.